The molecule has 5 nitrogen and oxygen atoms in total. The lowest BCUT2D eigenvalue weighted by molar-refractivity contribution is 0.0995. The highest BCUT2D eigenvalue weighted by atomic mass is 127. The molecule has 2 aromatic heterocycles. The third-order valence-electron chi connectivity index (χ3n) is 3.60. The number of furan rings is 1. The van der Waals surface area contributed by atoms with Gasteiger partial charge in [-0.15, -0.1) is 0 Å². The van der Waals surface area contributed by atoms with Crippen molar-refractivity contribution in [1.29, 1.82) is 0 Å². The molecule has 0 radical (unpaired) electrons. The maximum absolute atomic E-state index is 12.2. The van der Waals surface area contributed by atoms with Crippen LogP contribution in [0.1, 0.15) is 10.6 Å². The average molecular weight is 544 g/mol. The standard InChI is InChI=1S/C18H9BrClIN2O3/c19-16-6-5-15(25-16)17(24)22-10-2-4-14-13(8-10)23-18(26-14)11-7-9(21)1-3-12(11)20/h1-8H,(H,22,24). The largest absolute Gasteiger partial charge is 0.444 e. The highest BCUT2D eigenvalue weighted by molar-refractivity contribution is 14.1. The molecule has 4 rings (SSSR count). The summed E-state index contributed by atoms with van der Waals surface area (Å²) in [5, 5.41) is 3.33. The number of nitrogens with zero attached hydrogens (tertiary/aromatic N) is 1. The van der Waals surface area contributed by atoms with Gasteiger partial charge in [-0.05, 0) is 87.1 Å². The molecular formula is C18H9BrClIN2O3. The Balaban J connectivity index is 1.65. The van der Waals surface area contributed by atoms with E-state index in [0.29, 0.717) is 32.4 Å². The van der Waals surface area contributed by atoms with Crippen molar-refractivity contribution in [3.63, 3.8) is 0 Å². The number of halogens is 3. The fourth-order valence-corrected chi connectivity index (χ4v) is 3.41. The van der Waals surface area contributed by atoms with Gasteiger partial charge in [0.25, 0.3) is 5.91 Å². The van der Waals surface area contributed by atoms with Crippen molar-refractivity contribution in [3.8, 4) is 11.5 Å². The topological polar surface area (TPSA) is 68.3 Å². The Morgan fingerprint density at radius 3 is 2.73 bits per heavy atom. The molecule has 0 aliphatic heterocycles. The maximum atomic E-state index is 12.2. The number of hydrogen-bond acceptors (Lipinski definition) is 4. The van der Waals surface area contributed by atoms with Crippen LogP contribution in [0, 0.1) is 3.57 Å². The lowest BCUT2D eigenvalue weighted by Crippen LogP contribution is -2.10. The molecule has 0 bridgehead atoms. The summed E-state index contributed by atoms with van der Waals surface area (Å²) in [5.41, 5.74) is 2.53. The minimum Gasteiger partial charge on any atom is -0.444 e. The van der Waals surface area contributed by atoms with Crippen LogP contribution in [-0.2, 0) is 0 Å². The van der Waals surface area contributed by atoms with Gasteiger partial charge in [-0.1, -0.05) is 11.6 Å². The van der Waals surface area contributed by atoms with E-state index in [0.717, 1.165) is 9.13 Å². The Hall–Kier alpha value is -1.84. The van der Waals surface area contributed by atoms with Crippen LogP contribution < -0.4 is 5.32 Å². The Bertz CT molecular complexity index is 1140. The van der Waals surface area contributed by atoms with E-state index < -0.39 is 0 Å². The molecular weight excluding hydrogens is 534 g/mol. The van der Waals surface area contributed by atoms with Crippen molar-refractivity contribution < 1.29 is 13.6 Å². The Morgan fingerprint density at radius 2 is 1.96 bits per heavy atom. The molecule has 0 saturated carbocycles. The van der Waals surface area contributed by atoms with Crippen LogP contribution >= 0.6 is 50.1 Å². The zero-order chi connectivity index (χ0) is 18.3. The van der Waals surface area contributed by atoms with Gasteiger partial charge in [-0.25, -0.2) is 4.98 Å². The van der Waals surface area contributed by atoms with E-state index in [1.54, 1.807) is 36.4 Å². The summed E-state index contributed by atoms with van der Waals surface area (Å²) in [4.78, 5) is 16.7. The van der Waals surface area contributed by atoms with E-state index in [1.165, 1.54) is 0 Å². The van der Waals surface area contributed by atoms with E-state index in [9.17, 15) is 4.79 Å². The summed E-state index contributed by atoms with van der Waals surface area (Å²) in [6.45, 7) is 0. The molecule has 0 saturated heterocycles. The van der Waals surface area contributed by atoms with Crippen LogP contribution in [0.25, 0.3) is 22.6 Å². The lowest BCUT2D eigenvalue weighted by atomic mass is 10.2. The van der Waals surface area contributed by atoms with Crippen LogP contribution in [0.15, 0.2) is 62.0 Å². The van der Waals surface area contributed by atoms with Crippen molar-refractivity contribution in [2.75, 3.05) is 5.32 Å². The molecule has 0 fully saturated rings. The van der Waals surface area contributed by atoms with Crippen molar-refractivity contribution in [2.24, 2.45) is 0 Å². The number of benzene rings is 2. The SMILES string of the molecule is O=C(Nc1ccc2oc(-c3cc(I)ccc3Cl)nc2c1)c1ccc(Br)o1. The normalized spacial score (nSPS) is 11.0. The van der Waals surface area contributed by atoms with Crippen molar-refractivity contribution in [3.05, 3.63) is 67.6 Å². The van der Waals surface area contributed by atoms with Gasteiger partial charge >= 0.3 is 0 Å². The molecule has 8 heteroatoms. The molecule has 0 aliphatic rings. The highest BCUT2D eigenvalue weighted by Crippen LogP contribution is 2.32. The van der Waals surface area contributed by atoms with Gasteiger partial charge in [0.15, 0.2) is 16.0 Å². The first-order valence-electron chi connectivity index (χ1n) is 7.42. The molecule has 0 atom stereocenters. The van der Waals surface area contributed by atoms with Gasteiger partial charge in [0.1, 0.15) is 5.52 Å². The summed E-state index contributed by atoms with van der Waals surface area (Å²) in [6, 6.07) is 14.1. The molecule has 2 aromatic carbocycles. The van der Waals surface area contributed by atoms with Crippen molar-refractivity contribution in [1.82, 2.24) is 4.98 Å². The molecule has 0 spiro atoms. The number of amides is 1. The fourth-order valence-electron chi connectivity index (χ4n) is 2.41. The number of aromatic nitrogens is 1. The number of fused-ring (bicyclic) bond motifs is 1. The predicted molar refractivity (Wildman–Crippen MR) is 112 cm³/mol. The first kappa shape index (κ1) is 17.6. The van der Waals surface area contributed by atoms with Crippen LogP contribution in [0.4, 0.5) is 5.69 Å². The highest BCUT2D eigenvalue weighted by Gasteiger charge is 2.14. The summed E-state index contributed by atoms with van der Waals surface area (Å²) in [5.74, 6) is 0.296. The summed E-state index contributed by atoms with van der Waals surface area (Å²) < 4.78 is 12.6. The zero-order valence-corrected chi connectivity index (χ0v) is 17.4. The van der Waals surface area contributed by atoms with E-state index in [1.807, 2.05) is 12.1 Å². The quantitative estimate of drug-likeness (QED) is 0.306. The second-order valence-electron chi connectivity index (χ2n) is 5.38. The number of anilines is 1. The lowest BCUT2D eigenvalue weighted by Gasteiger charge is -2.02. The Morgan fingerprint density at radius 1 is 1.12 bits per heavy atom. The molecule has 1 amide bonds. The van der Waals surface area contributed by atoms with E-state index in [-0.39, 0.29) is 11.7 Å². The average Bonchev–Trinajstić information content (AvgIpc) is 3.22. The van der Waals surface area contributed by atoms with E-state index in [4.69, 9.17) is 20.4 Å². The third-order valence-corrected chi connectivity index (χ3v) is 5.03. The molecule has 1 N–H and O–H groups in total. The molecule has 4 aromatic rings. The molecule has 0 unspecified atom stereocenters. The van der Waals surface area contributed by atoms with E-state index in [2.05, 4.69) is 48.8 Å². The molecule has 26 heavy (non-hydrogen) atoms. The predicted octanol–water partition coefficient (Wildman–Crippen LogP) is 6.36. The number of rotatable bonds is 3. The third kappa shape index (κ3) is 3.51. The summed E-state index contributed by atoms with van der Waals surface area (Å²) in [6.07, 6.45) is 0. The summed E-state index contributed by atoms with van der Waals surface area (Å²) >= 11 is 11.6. The van der Waals surface area contributed by atoms with Gasteiger partial charge in [0.2, 0.25) is 5.89 Å². The zero-order valence-electron chi connectivity index (χ0n) is 12.9. The number of hydrogen-bond donors (Lipinski definition) is 1. The number of nitrogens with one attached hydrogen (secondary N) is 1. The Labute approximate surface area is 175 Å². The monoisotopic (exact) mass is 542 g/mol. The fraction of sp³-hybridized carbons (Fsp3) is 0. The maximum Gasteiger partial charge on any atom is 0.291 e. The van der Waals surface area contributed by atoms with Crippen LogP contribution in [-0.4, -0.2) is 10.9 Å². The summed E-state index contributed by atoms with van der Waals surface area (Å²) in [7, 11) is 0. The minimum absolute atomic E-state index is 0.212. The molecule has 2 heterocycles. The number of oxazole rings is 1. The smallest absolute Gasteiger partial charge is 0.291 e. The van der Waals surface area contributed by atoms with Gasteiger partial charge in [-0.2, -0.15) is 0 Å². The van der Waals surface area contributed by atoms with Gasteiger partial charge in [-0.3, -0.25) is 4.79 Å². The van der Waals surface area contributed by atoms with Gasteiger partial charge in [0, 0.05) is 9.26 Å². The van der Waals surface area contributed by atoms with Gasteiger partial charge < -0.3 is 14.2 Å². The van der Waals surface area contributed by atoms with Crippen LogP contribution in [0.2, 0.25) is 5.02 Å². The van der Waals surface area contributed by atoms with Crippen LogP contribution in [0.3, 0.4) is 0 Å². The number of carbonyl (C=O) groups is 1. The van der Waals surface area contributed by atoms with Crippen molar-refractivity contribution in [2.45, 2.75) is 0 Å². The second kappa shape index (κ2) is 7.05. The first-order valence-corrected chi connectivity index (χ1v) is 9.67. The van der Waals surface area contributed by atoms with Crippen molar-refractivity contribution >= 4 is 72.8 Å². The molecule has 130 valence electrons. The second-order valence-corrected chi connectivity index (χ2v) is 7.82. The van der Waals surface area contributed by atoms with Gasteiger partial charge in [0.05, 0.1) is 10.6 Å². The number of carbonyl (C=O) groups excluding carboxylic acids is 1. The minimum atomic E-state index is -0.348. The molecule has 0 aliphatic carbocycles. The first-order chi connectivity index (χ1) is 12.5. The Kier molecular flexibility index (Phi) is 4.76. The van der Waals surface area contributed by atoms with E-state index >= 15 is 0 Å². The van der Waals surface area contributed by atoms with Crippen LogP contribution in [0.5, 0.6) is 0 Å².